The van der Waals surface area contributed by atoms with E-state index in [1.807, 2.05) is 17.7 Å². The van der Waals surface area contributed by atoms with Gasteiger partial charge in [0, 0.05) is 37.9 Å². The fourth-order valence-corrected chi connectivity index (χ4v) is 3.63. The molecule has 1 saturated carbocycles. The van der Waals surface area contributed by atoms with Gasteiger partial charge in [0.25, 0.3) is 0 Å². The zero-order valence-electron chi connectivity index (χ0n) is 13.6. The van der Waals surface area contributed by atoms with Crippen LogP contribution in [0.3, 0.4) is 0 Å². The first-order chi connectivity index (χ1) is 11.2. The summed E-state index contributed by atoms with van der Waals surface area (Å²) in [5, 5.41) is 13.6. The van der Waals surface area contributed by atoms with Crippen molar-refractivity contribution in [1.82, 2.24) is 19.8 Å². The monoisotopic (exact) mass is 322 g/mol. The van der Waals surface area contributed by atoms with Crippen molar-refractivity contribution in [2.45, 2.75) is 50.9 Å². The van der Waals surface area contributed by atoms with Crippen molar-refractivity contribution >= 4 is 5.91 Å². The molecule has 0 spiro atoms. The van der Waals surface area contributed by atoms with Gasteiger partial charge in [-0.05, 0) is 12.8 Å². The van der Waals surface area contributed by atoms with Crippen LogP contribution in [0, 0.1) is 0 Å². The van der Waals surface area contributed by atoms with Gasteiger partial charge in [-0.2, -0.15) is 0 Å². The molecule has 7 heteroatoms. The van der Waals surface area contributed by atoms with E-state index in [0.29, 0.717) is 0 Å². The van der Waals surface area contributed by atoms with Gasteiger partial charge in [-0.1, -0.05) is 6.92 Å². The van der Waals surface area contributed by atoms with Crippen LogP contribution in [0.2, 0.25) is 0 Å². The molecule has 2 fully saturated rings. The molecule has 2 aliphatic rings. The van der Waals surface area contributed by atoms with E-state index in [0.717, 1.165) is 51.4 Å². The van der Waals surface area contributed by atoms with Crippen molar-refractivity contribution in [2.75, 3.05) is 26.3 Å². The number of hydrogen-bond donors (Lipinski definition) is 2. The van der Waals surface area contributed by atoms with Gasteiger partial charge in [-0.25, -0.2) is 4.98 Å². The van der Waals surface area contributed by atoms with Gasteiger partial charge in [-0.15, -0.1) is 0 Å². The Bertz CT molecular complexity index is 527. The number of morpholine rings is 1. The van der Waals surface area contributed by atoms with Crippen molar-refractivity contribution in [3.8, 4) is 0 Å². The number of nitrogens with zero attached hydrogens (tertiary/aromatic N) is 3. The van der Waals surface area contributed by atoms with E-state index in [1.54, 1.807) is 6.20 Å². The van der Waals surface area contributed by atoms with E-state index < -0.39 is 6.10 Å². The summed E-state index contributed by atoms with van der Waals surface area (Å²) in [7, 11) is 0. The van der Waals surface area contributed by atoms with Gasteiger partial charge >= 0.3 is 0 Å². The third-order valence-corrected chi connectivity index (χ3v) is 4.87. The Kier molecular flexibility index (Phi) is 5.30. The Morgan fingerprint density at radius 3 is 2.96 bits per heavy atom. The van der Waals surface area contributed by atoms with E-state index in [4.69, 9.17) is 4.74 Å². The number of aliphatic hydroxyl groups is 1. The summed E-state index contributed by atoms with van der Waals surface area (Å²) in [6.45, 7) is 5.44. The van der Waals surface area contributed by atoms with Gasteiger partial charge in [0.2, 0.25) is 5.91 Å². The minimum absolute atomic E-state index is 0.0654. The number of hydrogen-bond acceptors (Lipinski definition) is 5. The number of rotatable bonds is 5. The third kappa shape index (κ3) is 3.73. The van der Waals surface area contributed by atoms with Crippen LogP contribution in [0.4, 0.5) is 0 Å². The quantitative estimate of drug-likeness (QED) is 0.784. The maximum absolute atomic E-state index is 12.3. The van der Waals surface area contributed by atoms with Crippen LogP contribution in [0.5, 0.6) is 0 Å². The maximum atomic E-state index is 12.3. The second-order valence-electron chi connectivity index (χ2n) is 6.28. The maximum Gasteiger partial charge on any atom is 0.240 e. The zero-order valence-corrected chi connectivity index (χ0v) is 13.6. The number of ether oxygens (including phenoxy) is 1. The minimum Gasteiger partial charge on any atom is -0.389 e. The molecule has 2 heterocycles. The molecule has 0 bridgehead atoms. The second-order valence-corrected chi connectivity index (χ2v) is 6.28. The summed E-state index contributed by atoms with van der Waals surface area (Å²) in [6, 6.07) is -0.0346. The average molecular weight is 322 g/mol. The van der Waals surface area contributed by atoms with Crippen LogP contribution in [-0.4, -0.2) is 70.0 Å². The lowest BCUT2D eigenvalue weighted by Crippen LogP contribution is -2.51. The summed E-state index contributed by atoms with van der Waals surface area (Å²) >= 11 is 0. The van der Waals surface area contributed by atoms with E-state index in [1.165, 1.54) is 0 Å². The molecule has 0 unspecified atom stereocenters. The molecule has 2 N–H and O–H groups in total. The fourth-order valence-electron chi connectivity index (χ4n) is 3.63. The average Bonchev–Trinajstić information content (AvgIpc) is 3.15. The molecule has 23 heavy (non-hydrogen) atoms. The Balaban J connectivity index is 1.53. The lowest BCUT2D eigenvalue weighted by atomic mass is 10.1. The molecular formula is C16H26N4O3. The smallest absolute Gasteiger partial charge is 0.240 e. The van der Waals surface area contributed by atoms with Crippen molar-refractivity contribution in [1.29, 1.82) is 0 Å². The van der Waals surface area contributed by atoms with Crippen molar-refractivity contribution in [3.05, 3.63) is 18.2 Å². The number of aliphatic hydroxyl groups excluding tert-OH is 1. The SMILES string of the molecule is CCc1nccn1CC(=O)N[C@@H]1CC[C@@H](N2CCOCC2)[C@@H]1O. The van der Waals surface area contributed by atoms with Gasteiger partial charge < -0.3 is 19.7 Å². The predicted molar refractivity (Wildman–Crippen MR) is 85.0 cm³/mol. The standard InChI is InChI=1S/C16H26N4O3/c1-2-14-17-5-6-20(14)11-15(21)18-12-3-4-13(16(12)22)19-7-9-23-10-8-19/h5-6,12-13,16,22H,2-4,7-11H2,1H3,(H,18,21)/t12-,13-,16-/m1/s1. The molecule has 1 aromatic heterocycles. The van der Waals surface area contributed by atoms with E-state index >= 15 is 0 Å². The molecule has 1 amide bonds. The highest BCUT2D eigenvalue weighted by Gasteiger charge is 2.39. The first kappa shape index (κ1) is 16.4. The van der Waals surface area contributed by atoms with Crippen LogP contribution in [0.25, 0.3) is 0 Å². The van der Waals surface area contributed by atoms with Crippen molar-refractivity contribution in [2.24, 2.45) is 0 Å². The van der Waals surface area contributed by atoms with Crippen molar-refractivity contribution < 1.29 is 14.6 Å². The molecule has 1 aliphatic carbocycles. The van der Waals surface area contributed by atoms with Crippen molar-refractivity contribution in [3.63, 3.8) is 0 Å². The number of imidazole rings is 1. The highest BCUT2D eigenvalue weighted by molar-refractivity contribution is 5.76. The Morgan fingerprint density at radius 1 is 1.43 bits per heavy atom. The number of aryl methyl sites for hydroxylation is 1. The zero-order chi connectivity index (χ0) is 16.2. The molecule has 0 aromatic carbocycles. The Morgan fingerprint density at radius 2 is 2.22 bits per heavy atom. The predicted octanol–water partition coefficient (Wildman–Crippen LogP) is -0.214. The molecule has 0 radical (unpaired) electrons. The fraction of sp³-hybridized carbons (Fsp3) is 0.750. The molecule has 7 nitrogen and oxygen atoms in total. The van der Waals surface area contributed by atoms with Gasteiger partial charge in [0.05, 0.1) is 25.4 Å². The van der Waals surface area contributed by atoms with E-state index in [2.05, 4.69) is 15.2 Å². The van der Waals surface area contributed by atoms with Crippen LogP contribution in [0.15, 0.2) is 12.4 Å². The van der Waals surface area contributed by atoms with Crippen LogP contribution in [0.1, 0.15) is 25.6 Å². The number of amides is 1. The summed E-state index contributed by atoms with van der Waals surface area (Å²) in [6.07, 6.45) is 5.55. The van der Waals surface area contributed by atoms with Crippen LogP contribution >= 0.6 is 0 Å². The summed E-state index contributed by atoms with van der Waals surface area (Å²) in [5.74, 6) is 0.836. The first-order valence-electron chi connectivity index (χ1n) is 8.48. The van der Waals surface area contributed by atoms with Crippen LogP contribution < -0.4 is 5.32 Å². The Hall–Kier alpha value is -1.44. The topological polar surface area (TPSA) is 79.6 Å². The number of carbonyl (C=O) groups excluding carboxylic acids is 1. The van der Waals surface area contributed by atoms with E-state index in [9.17, 15) is 9.90 Å². The summed E-state index contributed by atoms with van der Waals surface area (Å²) in [5.41, 5.74) is 0. The van der Waals surface area contributed by atoms with E-state index in [-0.39, 0.29) is 24.5 Å². The minimum atomic E-state index is -0.509. The largest absolute Gasteiger partial charge is 0.389 e. The highest BCUT2D eigenvalue weighted by atomic mass is 16.5. The van der Waals surface area contributed by atoms with Crippen LogP contribution in [-0.2, 0) is 22.5 Å². The molecule has 1 aliphatic heterocycles. The third-order valence-electron chi connectivity index (χ3n) is 4.87. The lowest BCUT2D eigenvalue weighted by Gasteiger charge is -2.34. The molecule has 1 aromatic rings. The van der Waals surface area contributed by atoms with Gasteiger partial charge in [0.1, 0.15) is 12.4 Å². The first-order valence-corrected chi connectivity index (χ1v) is 8.48. The van der Waals surface area contributed by atoms with Gasteiger partial charge in [0.15, 0.2) is 0 Å². The number of nitrogens with one attached hydrogen (secondary N) is 1. The molecule has 128 valence electrons. The summed E-state index contributed by atoms with van der Waals surface area (Å²) in [4.78, 5) is 18.8. The molecule has 3 rings (SSSR count). The highest BCUT2D eigenvalue weighted by Crippen LogP contribution is 2.25. The molecule has 3 atom stereocenters. The van der Waals surface area contributed by atoms with Gasteiger partial charge in [-0.3, -0.25) is 9.69 Å². The number of carbonyl (C=O) groups is 1. The second kappa shape index (κ2) is 7.42. The number of aromatic nitrogens is 2. The summed E-state index contributed by atoms with van der Waals surface area (Å²) < 4.78 is 7.22. The normalized spacial score (nSPS) is 28.9. The molecular weight excluding hydrogens is 296 g/mol. The Labute approximate surface area is 136 Å². The lowest BCUT2D eigenvalue weighted by molar-refractivity contribution is -0.123. The molecule has 1 saturated heterocycles.